The van der Waals surface area contributed by atoms with Crippen molar-refractivity contribution in [2.24, 2.45) is 0 Å². The molecule has 8 nitrogen and oxygen atoms in total. The average Bonchev–Trinajstić information content (AvgIpc) is 3.57. The lowest BCUT2D eigenvalue weighted by Crippen LogP contribution is -2.48. The number of hydrogen-bond donors (Lipinski definition) is 2. The summed E-state index contributed by atoms with van der Waals surface area (Å²) in [4.78, 5) is 25.4. The van der Waals surface area contributed by atoms with E-state index < -0.39 is 15.9 Å². The summed E-state index contributed by atoms with van der Waals surface area (Å²) in [5.41, 5.74) is 0.802. The molecule has 176 valence electrons. The highest BCUT2D eigenvalue weighted by atomic mass is 35.5. The Kier molecular flexibility index (Phi) is 6.76. The highest BCUT2D eigenvalue weighted by molar-refractivity contribution is 7.89. The number of anilines is 1. The van der Waals surface area contributed by atoms with Crippen LogP contribution in [0.5, 0.6) is 0 Å². The molecular formula is C23H26ClN3O5S. The summed E-state index contributed by atoms with van der Waals surface area (Å²) < 4.78 is 33.5. The molecule has 1 aliphatic carbocycles. The highest BCUT2D eigenvalue weighted by Crippen LogP contribution is 2.29. The number of sulfonamides is 1. The first kappa shape index (κ1) is 23.7. The van der Waals surface area contributed by atoms with Gasteiger partial charge in [-0.1, -0.05) is 23.7 Å². The van der Waals surface area contributed by atoms with Gasteiger partial charge in [0.1, 0.15) is 4.90 Å². The molecule has 2 fully saturated rings. The number of benzene rings is 2. The van der Waals surface area contributed by atoms with E-state index in [0.29, 0.717) is 11.3 Å². The van der Waals surface area contributed by atoms with Gasteiger partial charge >= 0.3 is 0 Å². The van der Waals surface area contributed by atoms with E-state index in [1.165, 1.54) is 22.5 Å². The molecule has 1 saturated carbocycles. The molecule has 10 heteroatoms. The molecule has 2 N–H and O–H groups in total. The minimum absolute atomic E-state index is 0.0301. The van der Waals surface area contributed by atoms with Gasteiger partial charge in [-0.25, -0.2) is 8.42 Å². The molecule has 33 heavy (non-hydrogen) atoms. The Bertz CT molecular complexity index is 1170. The molecule has 2 atom stereocenters. The van der Waals surface area contributed by atoms with Crippen LogP contribution in [0.4, 0.5) is 5.69 Å². The van der Waals surface area contributed by atoms with Crippen molar-refractivity contribution in [2.75, 3.05) is 18.4 Å². The third-order valence-electron chi connectivity index (χ3n) is 5.53. The van der Waals surface area contributed by atoms with Gasteiger partial charge in [-0.05, 0) is 57.0 Å². The monoisotopic (exact) mass is 491 g/mol. The van der Waals surface area contributed by atoms with Crippen LogP contribution in [0, 0.1) is 0 Å². The van der Waals surface area contributed by atoms with E-state index in [1.807, 2.05) is 0 Å². The second kappa shape index (κ2) is 9.42. The Labute approximate surface area is 198 Å². The second-order valence-corrected chi connectivity index (χ2v) is 10.8. The fraction of sp³-hybridized carbons (Fsp3) is 0.391. The maximum atomic E-state index is 13.3. The van der Waals surface area contributed by atoms with Gasteiger partial charge in [0.25, 0.3) is 11.8 Å². The minimum atomic E-state index is -3.94. The van der Waals surface area contributed by atoms with Gasteiger partial charge in [0.05, 0.1) is 28.5 Å². The van der Waals surface area contributed by atoms with Crippen LogP contribution in [-0.2, 0) is 14.8 Å². The Morgan fingerprint density at radius 3 is 2.36 bits per heavy atom. The number of hydrogen-bond acceptors (Lipinski definition) is 5. The Hall–Kier alpha value is -2.46. The Morgan fingerprint density at radius 1 is 1.03 bits per heavy atom. The summed E-state index contributed by atoms with van der Waals surface area (Å²) in [6.07, 6.45) is 1.38. The zero-order chi connectivity index (χ0) is 23.8. The molecular weight excluding hydrogens is 466 g/mol. The van der Waals surface area contributed by atoms with E-state index >= 15 is 0 Å². The van der Waals surface area contributed by atoms with Crippen molar-refractivity contribution >= 4 is 39.1 Å². The largest absolute Gasteiger partial charge is 0.373 e. The van der Waals surface area contributed by atoms with Gasteiger partial charge < -0.3 is 15.4 Å². The van der Waals surface area contributed by atoms with Crippen LogP contribution in [0.25, 0.3) is 0 Å². The van der Waals surface area contributed by atoms with Crippen LogP contribution in [0.3, 0.4) is 0 Å². The van der Waals surface area contributed by atoms with Crippen LogP contribution in [0.2, 0.25) is 5.02 Å². The first-order valence-corrected chi connectivity index (χ1v) is 12.6. The SMILES string of the molecule is C[C@@H]1CN(S(=O)(=O)c2cc(C(=O)Nc3ccccc3C(=O)NC3CC3)ccc2Cl)C[C@@H](C)O1. The van der Waals surface area contributed by atoms with Gasteiger partial charge in [0.15, 0.2) is 0 Å². The summed E-state index contributed by atoms with van der Waals surface area (Å²) in [5, 5.41) is 5.65. The third kappa shape index (κ3) is 5.38. The predicted octanol–water partition coefficient (Wildman–Crippen LogP) is 3.28. The molecule has 0 unspecified atom stereocenters. The van der Waals surface area contributed by atoms with Crippen molar-refractivity contribution in [2.45, 2.75) is 49.8 Å². The first-order chi connectivity index (χ1) is 15.6. The normalized spacial score (nSPS) is 21.4. The molecule has 4 rings (SSSR count). The van der Waals surface area contributed by atoms with E-state index in [9.17, 15) is 18.0 Å². The predicted molar refractivity (Wildman–Crippen MR) is 125 cm³/mol. The van der Waals surface area contributed by atoms with Gasteiger partial charge in [0.2, 0.25) is 10.0 Å². The third-order valence-corrected chi connectivity index (χ3v) is 7.84. The van der Waals surface area contributed by atoms with Crippen molar-refractivity contribution in [3.05, 3.63) is 58.6 Å². The van der Waals surface area contributed by atoms with Gasteiger partial charge in [-0.3, -0.25) is 9.59 Å². The summed E-state index contributed by atoms with van der Waals surface area (Å²) in [6, 6.07) is 11.0. The quantitative estimate of drug-likeness (QED) is 0.645. The summed E-state index contributed by atoms with van der Waals surface area (Å²) in [5.74, 6) is -0.804. The van der Waals surface area contributed by atoms with Gasteiger partial charge in [0, 0.05) is 24.7 Å². The van der Waals surface area contributed by atoms with Crippen molar-refractivity contribution in [1.29, 1.82) is 0 Å². The van der Waals surface area contributed by atoms with Crippen molar-refractivity contribution in [3.63, 3.8) is 0 Å². The lowest BCUT2D eigenvalue weighted by Gasteiger charge is -2.34. The van der Waals surface area contributed by atoms with Crippen LogP contribution in [-0.4, -0.2) is 55.9 Å². The maximum Gasteiger partial charge on any atom is 0.255 e. The Balaban J connectivity index is 1.58. The lowest BCUT2D eigenvalue weighted by atomic mass is 10.1. The molecule has 1 saturated heterocycles. The second-order valence-electron chi connectivity index (χ2n) is 8.47. The molecule has 0 aromatic heterocycles. The number of morpholine rings is 1. The van der Waals surface area contributed by atoms with Crippen LogP contribution in [0.15, 0.2) is 47.4 Å². The maximum absolute atomic E-state index is 13.3. The lowest BCUT2D eigenvalue weighted by molar-refractivity contribution is -0.0440. The number of carbonyl (C=O) groups excluding carboxylic acids is 2. The number of rotatable bonds is 6. The highest BCUT2D eigenvalue weighted by Gasteiger charge is 2.34. The number of nitrogens with zero attached hydrogens (tertiary/aromatic N) is 1. The fourth-order valence-corrected chi connectivity index (χ4v) is 5.87. The fourth-order valence-electron chi connectivity index (χ4n) is 3.78. The average molecular weight is 492 g/mol. The smallest absolute Gasteiger partial charge is 0.255 e. The van der Waals surface area contributed by atoms with E-state index in [2.05, 4.69) is 10.6 Å². The molecule has 0 radical (unpaired) electrons. The zero-order valence-corrected chi connectivity index (χ0v) is 19.9. The van der Waals surface area contributed by atoms with E-state index in [0.717, 1.165) is 12.8 Å². The molecule has 2 aromatic rings. The van der Waals surface area contributed by atoms with E-state index in [-0.39, 0.29) is 52.7 Å². The summed E-state index contributed by atoms with van der Waals surface area (Å²) >= 11 is 6.24. The zero-order valence-electron chi connectivity index (χ0n) is 18.4. The molecule has 2 aromatic carbocycles. The molecule has 2 amide bonds. The number of carbonyl (C=O) groups is 2. The first-order valence-electron chi connectivity index (χ1n) is 10.8. The molecule has 1 heterocycles. The van der Waals surface area contributed by atoms with Crippen molar-refractivity contribution in [1.82, 2.24) is 9.62 Å². The van der Waals surface area contributed by atoms with Crippen LogP contribution < -0.4 is 10.6 Å². The van der Waals surface area contributed by atoms with Crippen LogP contribution >= 0.6 is 11.6 Å². The summed E-state index contributed by atoms with van der Waals surface area (Å²) in [6.45, 7) is 4.01. The number of halogens is 1. The number of amides is 2. The van der Waals surface area contributed by atoms with Gasteiger partial charge in [-0.15, -0.1) is 0 Å². The number of ether oxygens (including phenoxy) is 1. The number of para-hydroxylation sites is 1. The van der Waals surface area contributed by atoms with Crippen molar-refractivity contribution in [3.8, 4) is 0 Å². The molecule has 2 aliphatic rings. The molecule has 0 bridgehead atoms. The minimum Gasteiger partial charge on any atom is -0.373 e. The van der Waals surface area contributed by atoms with E-state index in [4.69, 9.17) is 16.3 Å². The van der Waals surface area contributed by atoms with E-state index in [1.54, 1.807) is 38.1 Å². The van der Waals surface area contributed by atoms with Crippen LogP contribution in [0.1, 0.15) is 47.4 Å². The standard InChI is InChI=1S/C23H26ClN3O5S/c1-14-12-27(13-15(2)32-14)33(30,31)21-11-16(7-10-19(21)24)22(28)26-20-6-4-3-5-18(20)23(29)25-17-8-9-17/h3-7,10-11,14-15,17H,8-9,12-13H2,1-2H3,(H,25,29)(H,26,28)/t14-,15-/m1/s1. The van der Waals surface area contributed by atoms with Gasteiger partial charge in [-0.2, -0.15) is 4.31 Å². The summed E-state index contributed by atoms with van der Waals surface area (Å²) in [7, 11) is -3.94. The topological polar surface area (TPSA) is 105 Å². The Morgan fingerprint density at radius 2 is 1.70 bits per heavy atom. The number of nitrogens with one attached hydrogen (secondary N) is 2. The molecule has 0 spiro atoms. The van der Waals surface area contributed by atoms with Crippen molar-refractivity contribution < 1.29 is 22.7 Å². The molecule has 1 aliphatic heterocycles.